The van der Waals surface area contributed by atoms with E-state index in [1.807, 2.05) is 0 Å². The number of hydrogen-bond donors (Lipinski definition) is 2. The number of carboxylic acids is 1. The lowest BCUT2D eigenvalue weighted by atomic mass is 10.4. The first kappa shape index (κ1) is 16.9. The molecule has 8 nitrogen and oxygen atoms in total. The normalized spacial score (nSPS) is 10.0. The molecule has 0 fully saturated rings. The van der Waals surface area contributed by atoms with Gasteiger partial charge in [-0.1, -0.05) is 0 Å². The number of rotatable bonds is 6. The lowest BCUT2D eigenvalue weighted by Crippen LogP contribution is -2.43. The van der Waals surface area contributed by atoms with Gasteiger partial charge in [0, 0.05) is 39.5 Å². The topological polar surface area (TPSA) is 103 Å². The summed E-state index contributed by atoms with van der Waals surface area (Å²) in [6.45, 7) is 0.325. The second-order valence-electron chi connectivity index (χ2n) is 4.56. The maximum Gasteiger partial charge on any atom is 0.355 e. The number of aromatic carboxylic acids is 1. The van der Waals surface area contributed by atoms with Gasteiger partial charge in [-0.3, -0.25) is 4.79 Å². The summed E-state index contributed by atoms with van der Waals surface area (Å²) >= 11 is 1.23. The Kier molecular flexibility index (Phi) is 6.10. The van der Waals surface area contributed by atoms with Crippen molar-refractivity contribution in [3.63, 3.8) is 0 Å². The highest BCUT2D eigenvalue weighted by Gasteiger charge is 2.14. The van der Waals surface area contributed by atoms with Crippen LogP contribution in [0.15, 0.2) is 5.38 Å². The van der Waals surface area contributed by atoms with Crippen LogP contribution in [0.2, 0.25) is 0 Å². The zero-order valence-corrected chi connectivity index (χ0v) is 12.9. The summed E-state index contributed by atoms with van der Waals surface area (Å²) in [7, 11) is 4.77. The van der Waals surface area contributed by atoms with Crippen LogP contribution in [0.1, 0.15) is 15.5 Å². The largest absolute Gasteiger partial charge is 0.476 e. The van der Waals surface area contributed by atoms with E-state index < -0.39 is 5.97 Å². The van der Waals surface area contributed by atoms with Gasteiger partial charge >= 0.3 is 12.0 Å². The van der Waals surface area contributed by atoms with Crippen molar-refractivity contribution in [3.05, 3.63) is 16.1 Å². The summed E-state index contributed by atoms with van der Waals surface area (Å²) in [5.41, 5.74) is 0.00928. The van der Waals surface area contributed by atoms with E-state index in [0.29, 0.717) is 18.0 Å². The molecule has 0 aliphatic heterocycles. The van der Waals surface area contributed by atoms with Crippen LogP contribution in [-0.2, 0) is 11.2 Å². The van der Waals surface area contributed by atoms with E-state index in [1.165, 1.54) is 33.6 Å². The van der Waals surface area contributed by atoms with E-state index in [2.05, 4.69) is 10.3 Å². The Balaban J connectivity index is 2.35. The van der Waals surface area contributed by atoms with Gasteiger partial charge in [-0.05, 0) is 0 Å². The van der Waals surface area contributed by atoms with Crippen LogP contribution in [0.4, 0.5) is 4.79 Å². The second-order valence-corrected chi connectivity index (χ2v) is 5.50. The molecule has 3 amide bonds. The molecule has 9 heteroatoms. The lowest BCUT2D eigenvalue weighted by molar-refractivity contribution is -0.129. The Morgan fingerprint density at radius 2 is 2.00 bits per heavy atom. The van der Waals surface area contributed by atoms with E-state index in [1.54, 1.807) is 14.1 Å². The maximum atomic E-state index is 11.7. The van der Waals surface area contributed by atoms with Gasteiger partial charge in [0.1, 0.15) is 6.54 Å². The van der Waals surface area contributed by atoms with Crippen molar-refractivity contribution in [2.75, 3.05) is 34.2 Å². The number of nitrogens with one attached hydrogen (secondary N) is 1. The highest BCUT2D eigenvalue weighted by Crippen LogP contribution is 2.09. The second kappa shape index (κ2) is 7.58. The van der Waals surface area contributed by atoms with Crippen LogP contribution in [0.25, 0.3) is 0 Å². The highest BCUT2D eigenvalue weighted by atomic mass is 32.1. The summed E-state index contributed by atoms with van der Waals surface area (Å²) < 4.78 is 0. The van der Waals surface area contributed by atoms with Gasteiger partial charge in [0.25, 0.3) is 0 Å². The summed E-state index contributed by atoms with van der Waals surface area (Å²) in [5, 5.41) is 13.5. The average molecular weight is 314 g/mol. The zero-order valence-electron chi connectivity index (χ0n) is 12.1. The van der Waals surface area contributed by atoms with Crippen LogP contribution in [-0.4, -0.2) is 72.0 Å². The molecule has 21 heavy (non-hydrogen) atoms. The first-order valence-corrected chi connectivity index (χ1v) is 7.06. The Bertz CT molecular complexity index is 529. The zero-order chi connectivity index (χ0) is 16.0. The molecule has 0 aliphatic rings. The van der Waals surface area contributed by atoms with E-state index in [4.69, 9.17) is 5.11 Å². The number of likely N-dealkylation sites (N-methyl/N-ethyl adjacent to an activating group) is 2. The van der Waals surface area contributed by atoms with Crippen molar-refractivity contribution >= 4 is 29.2 Å². The van der Waals surface area contributed by atoms with Crippen molar-refractivity contribution in [1.29, 1.82) is 0 Å². The van der Waals surface area contributed by atoms with Gasteiger partial charge < -0.3 is 20.2 Å². The Hall–Kier alpha value is -2.16. The third-order valence-corrected chi connectivity index (χ3v) is 3.51. The first-order valence-electron chi connectivity index (χ1n) is 6.18. The molecule has 0 radical (unpaired) electrons. The highest BCUT2D eigenvalue weighted by molar-refractivity contribution is 7.09. The fraction of sp³-hybridized carbons (Fsp3) is 0.500. The number of aromatic nitrogens is 1. The van der Waals surface area contributed by atoms with Crippen molar-refractivity contribution in [2.45, 2.75) is 6.42 Å². The van der Waals surface area contributed by atoms with Gasteiger partial charge in [-0.2, -0.15) is 0 Å². The Morgan fingerprint density at radius 1 is 1.33 bits per heavy atom. The molecule has 116 valence electrons. The van der Waals surface area contributed by atoms with Crippen LogP contribution < -0.4 is 5.32 Å². The van der Waals surface area contributed by atoms with E-state index in [9.17, 15) is 14.4 Å². The smallest absolute Gasteiger partial charge is 0.355 e. The molecule has 1 aromatic rings. The number of hydrogen-bond acceptors (Lipinski definition) is 5. The molecule has 2 N–H and O–H groups in total. The number of carbonyl (C=O) groups is 3. The molecule has 0 aromatic carbocycles. The third kappa shape index (κ3) is 5.38. The fourth-order valence-corrected chi connectivity index (χ4v) is 2.12. The fourth-order valence-electron chi connectivity index (χ4n) is 1.35. The van der Waals surface area contributed by atoms with Gasteiger partial charge in [0.2, 0.25) is 5.91 Å². The molecule has 0 bridgehead atoms. The van der Waals surface area contributed by atoms with Gasteiger partial charge in [0.15, 0.2) is 5.69 Å². The van der Waals surface area contributed by atoms with Crippen LogP contribution in [0.5, 0.6) is 0 Å². The molecule has 0 saturated heterocycles. The molecule has 1 heterocycles. The van der Waals surface area contributed by atoms with Crippen molar-refractivity contribution in [2.24, 2.45) is 0 Å². The Labute approximate surface area is 126 Å². The van der Waals surface area contributed by atoms with Crippen LogP contribution in [0.3, 0.4) is 0 Å². The minimum absolute atomic E-state index is 0.000746. The Morgan fingerprint density at radius 3 is 2.52 bits per heavy atom. The molecular formula is C12H18N4O4S. The number of carbonyl (C=O) groups excluding carboxylic acids is 2. The average Bonchev–Trinajstić information content (AvgIpc) is 2.87. The minimum atomic E-state index is -1.07. The third-order valence-electron chi connectivity index (χ3n) is 2.60. The van der Waals surface area contributed by atoms with E-state index >= 15 is 0 Å². The molecule has 0 aliphatic carbocycles. The van der Waals surface area contributed by atoms with Gasteiger partial charge in [-0.15, -0.1) is 11.3 Å². The number of thiazole rings is 1. The van der Waals surface area contributed by atoms with Crippen molar-refractivity contribution in [1.82, 2.24) is 20.1 Å². The van der Waals surface area contributed by atoms with Crippen molar-refractivity contribution in [3.8, 4) is 0 Å². The number of amides is 3. The van der Waals surface area contributed by atoms with Gasteiger partial charge in [0.05, 0.1) is 5.01 Å². The molecular weight excluding hydrogens is 296 g/mol. The SMILES string of the molecule is CN(C)C(=O)CN(C)C(=O)NCCc1nc(C(=O)O)cs1. The molecule has 0 spiro atoms. The predicted octanol–water partition coefficient (Wildman–Crippen LogP) is 0.113. The van der Waals surface area contributed by atoms with E-state index in [-0.39, 0.29) is 24.2 Å². The summed E-state index contributed by atoms with van der Waals surface area (Å²) in [5.74, 6) is -1.23. The quantitative estimate of drug-likeness (QED) is 0.776. The summed E-state index contributed by atoms with van der Waals surface area (Å²) in [6, 6.07) is -0.361. The first-order chi connectivity index (χ1) is 9.81. The number of urea groups is 1. The molecule has 1 rings (SSSR count). The monoisotopic (exact) mass is 314 g/mol. The number of nitrogens with zero attached hydrogens (tertiary/aromatic N) is 3. The summed E-state index contributed by atoms with van der Waals surface area (Å²) in [4.78, 5) is 40.5. The summed E-state index contributed by atoms with van der Waals surface area (Å²) in [6.07, 6.45) is 0.444. The predicted molar refractivity (Wildman–Crippen MR) is 77.5 cm³/mol. The molecule has 0 unspecified atom stereocenters. The van der Waals surface area contributed by atoms with E-state index in [0.717, 1.165) is 0 Å². The standard InChI is InChI=1S/C12H18N4O4S/c1-15(2)10(17)6-16(3)12(20)13-5-4-9-14-8(7-21-9)11(18)19/h7H,4-6H2,1-3H3,(H,13,20)(H,18,19). The van der Waals surface area contributed by atoms with Gasteiger partial charge in [-0.25, -0.2) is 14.6 Å². The molecule has 0 saturated carbocycles. The van der Waals surface area contributed by atoms with Crippen LogP contribution >= 0.6 is 11.3 Å². The maximum absolute atomic E-state index is 11.7. The lowest BCUT2D eigenvalue weighted by Gasteiger charge is -2.19. The molecule has 1 aromatic heterocycles. The minimum Gasteiger partial charge on any atom is -0.476 e. The van der Waals surface area contributed by atoms with Crippen LogP contribution in [0, 0.1) is 0 Å². The molecule has 0 atom stereocenters. The number of carboxylic acid groups (broad SMARTS) is 1. The van der Waals surface area contributed by atoms with Crippen molar-refractivity contribution < 1.29 is 19.5 Å².